The van der Waals surface area contributed by atoms with E-state index in [1.165, 1.54) is 0 Å². The molecule has 4 heteroatoms. The van der Waals surface area contributed by atoms with Gasteiger partial charge in [-0.25, -0.2) is 0 Å². The number of nitrogens with one attached hydrogen (secondary N) is 3. The van der Waals surface area contributed by atoms with E-state index in [9.17, 15) is 4.79 Å². The van der Waals surface area contributed by atoms with E-state index in [-0.39, 0.29) is 11.8 Å². The predicted octanol–water partition coefficient (Wildman–Crippen LogP) is -1.07. The molecule has 0 saturated carbocycles. The molecule has 2 aliphatic heterocycles. The zero-order valence-corrected chi connectivity index (χ0v) is 7.81. The minimum atomic E-state index is 0.216. The van der Waals surface area contributed by atoms with Crippen LogP contribution in [0, 0.1) is 11.8 Å². The summed E-state index contributed by atoms with van der Waals surface area (Å²) in [5.74, 6) is 1.11. The van der Waals surface area contributed by atoms with Gasteiger partial charge in [-0.1, -0.05) is 0 Å². The van der Waals surface area contributed by atoms with Crippen LogP contribution in [0.15, 0.2) is 0 Å². The Morgan fingerprint density at radius 1 is 1.31 bits per heavy atom. The van der Waals surface area contributed by atoms with Crippen LogP contribution >= 0.6 is 0 Å². The summed E-state index contributed by atoms with van der Waals surface area (Å²) in [6.45, 7) is 4.81. The van der Waals surface area contributed by atoms with Gasteiger partial charge in [0.05, 0.1) is 5.92 Å². The van der Waals surface area contributed by atoms with Crippen molar-refractivity contribution in [3.05, 3.63) is 0 Å². The average molecular weight is 183 g/mol. The average Bonchev–Trinajstić information content (AvgIpc) is 2.52. The van der Waals surface area contributed by atoms with Crippen molar-refractivity contribution in [2.75, 3.05) is 32.7 Å². The van der Waals surface area contributed by atoms with Gasteiger partial charge in [0, 0.05) is 32.1 Å². The van der Waals surface area contributed by atoms with Crippen LogP contribution in [-0.4, -0.2) is 38.6 Å². The van der Waals surface area contributed by atoms with Gasteiger partial charge < -0.3 is 16.0 Å². The quantitative estimate of drug-likeness (QED) is 0.522. The first kappa shape index (κ1) is 8.97. The first-order chi connectivity index (χ1) is 6.36. The van der Waals surface area contributed by atoms with Crippen LogP contribution in [0.2, 0.25) is 0 Å². The van der Waals surface area contributed by atoms with Crippen molar-refractivity contribution in [2.45, 2.75) is 6.42 Å². The number of carbonyl (C=O) groups excluding carboxylic acids is 1. The fourth-order valence-electron chi connectivity index (χ4n) is 1.76. The van der Waals surface area contributed by atoms with Crippen molar-refractivity contribution in [1.29, 1.82) is 0 Å². The Hall–Kier alpha value is -0.610. The lowest BCUT2D eigenvalue weighted by atomic mass is 10.0. The SMILES string of the molecule is O=C(NCC1CNC1)[C@@H]1CCNC1. The molecule has 2 rings (SSSR count). The number of hydrogen-bond acceptors (Lipinski definition) is 3. The van der Waals surface area contributed by atoms with E-state index in [2.05, 4.69) is 16.0 Å². The maximum Gasteiger partial charge on any atom is 0.224 e. The molecule has 0 aromatic heterocycles. The Morgan fingerprint density at radius 3 is 2.69 bits per heavy atom. The Balaban J connectivity index is 1.65. The fourth-order valence-corrected chi connectivity index (χ4v) is 1.76. The first-order valence-corrected chi connectivity index (χ1v) is 5.05. The monoisotopic (exact) mass is 183 g/mol. The summed E-state index contributed by atoms with van der Waals surface area (Å²) < 4.78 is 0. The predicted molar refractivity (Wildman–Crippen MR) is 50.3 cm³/mol. The zero-order valence-electron chi connectivity index (χ0n) is 7.81. The summed E-state index contributed by atoms with van der Waals surface area (Å²) in [6, 6.07) is 0. The molecule has 0 aliphatic carbocycles. The summed E-state index contributed by atoms with van der Waals surface area (Å²) >= 11 is 0. The van der Waals surface area contributed by atoms with Crippen LogP contribution < -0.4 is 16.0 Å². The molecule has 0 aromatic rings. The highest BCUT2D eigenvalue weighted by atomic mass is 16.1. The van der Waals surface area contributed by atoms with Gasteiger partial charge in [0.2, 0.25) is 5.91 Å². The van der Waals surface area contributed by atoms with E-state index in [4.69, 9.17) is 0 Å². The zero-order chi connectivity index (χ0) is 9.10. The molecule has 2 saturated heterocycles. The van der Waals surface area contributed by atoms with Gasteiger partial charge in [0.15, 0.2) is 0 Å². The minimum Gasteiger partial charge on any atom is -0.355 e. The molecular formula is C9H17N3O. The summed E-state index contributed by atoms with van der Waals surface area (Å²) in [5, 5.41) is 9.39. The number of hydrogen-bond donors (Lipinski definition) is 3. The van der Waals surface area contributed by atoms with Crippen molar-refractivity contribution in [3.8, 4) is 0 Å². The normalized spacial score (nSPS) is 28.5. The van der Waals surface area contributed by atoms with E-state index < -0.39 is 0 Å². The van der Waals surface area contributed by atoms with E-state index in [1.54, 1.807) is 0 Å². The summed E-state index contributed by atoms with van der Waals surface area (Å²) in [4.78, 5) is 11.5. The maximum atomic E-state index is 11.5. The van der Waals surface area contributed by atoms with Gasteiger partial charge in [-0.15, -0.1) is 0 Å². The number of carbonyl (C=O) groups is 1. The largest absolute Gasteiger partial charge is 0.355 e. The topological polar surface area (TPSA) is 53.2 Å². The molecule has 0 spiro atoms. The summed E-state index contributed by atoms with van der Waals surface area (Å²) in [6.07, 6.45) is 0.995. The molecule has 2 aliphatic rings. The van der Waals surface area contributed by atoms with Gasteiger partial charge >= 0.3 is 0 Å². The standard InChI is InChI=1S/C9H17N3O/c13-9(8-1-2-10-6-8)12-5-7-3-11-4-7/h7-8,10-11H,1-6H2,(H,12,13)/t8-/m1/s1. The lowest BCUT2D eigenvalue weighted by Gasteiger charge is -2.27. The smallest absolute Gasteiger partial charge is 0.224 e. The molecule has 0 unspecified atom stereocenters. The van der Waals surface area contributed by atoms with Gasteiger partial charge in [0.25, 0.3) is 0 Å². The van der Waals surface area contributed by atoms with Crippen LogP contribution in [0.4, 0.5) is 0 Å². The van der Waals surface area contributed by atoms with Crippen molar-refractivity contribution < 1.29 is 4.79 Å². The van der Waals surface area contributed by atoms with Gasteiger partial charge in [-0.3, -0.25) is 4.79 Å². The molecule has 1 amide bonds. The van der Waals surface area contributed by atoms with Crippen LogP contribution in [0.3, 0.4) is 0 Å². The Kier molecular flexibility index (Phi) is 2.80. The third-order valence-corrected chi connectivity index (χ3v) is 2.86. The molecule has 3 N–H and O–H groups in total. The van der Waals surface area contributed by atoms with Crippen molar-refractivity contribution in [2.24, 2.45) is 11.8 Å². The molecule has 0 bridgehead atoms. The number of amides is 1. The van der Waals surface area contributed by atoms with E-state index in [0.29, 0.717) is 5.92 Å². The highest BCUT2D eigenvalue weighted by Gasteiger charge is 2.23. The van der Waals surface area contributed by atoms with Crippen LogP contribution in [-0.2, 0) is 4.79 Å². The van der Waals surface area contributed by atoms with E-state index in [0.717, 1.165) is 39.1 Å². The molecule has 2 fully saturated rings. The van der Waals surface area contributed by atoms with E-state index in [1.807, 2.05) is 0 Å². The Bertz CT molecular complexity index is 185. The van der Waals surface area contributed by atoms with E-state index >= 15 is 0 Å². The highest BCUT2D eigenvalue weighted by Crippen LogP contribution is 2.07. The second-order valence-electron chi connectivity index (χ2n) is 3.96. The molecule has 4 nitrogen and oxygen atoms in total. The molecule has 13 heavy (non-hydrogen) atoms. The second-order valence-corrected chi connectivity index (χ2v) is 3.96. The Morgan fingerprint density at radius 2 is 2.15 bits per heavy atom. The van der Waals surface area contributed by atoms with Gasteiger partial charge in [-0.05, 0) is 13.0 Å². The van der Waals surface area contributed by atoms with Gasteiger partial charge in [-0.2, -0.15) is 0 Å². The van der Waals surface area contributed by atoms with Crippen LogP contribution in [0.1, 0.15) is 6.42 Å². The molecular weight excluding hydrogens is 166 g/mol. The lowest BCUT2D eigenvalue weighted by molar-refractivity contribution is -0.124. The molecule has 1 atom stereocenters. The molecule has 74 valence electrons. The third-order valence-electron chi connectivity index (χ3n) is 2.86. The van der Waals surface area contributed by atoms with Crippen molar-refractivity contribution in [3.63, 3.8) is 0 Å². The molecule has 0 aromatic carbocycles. The maximum absolute atomic E-state index is 11.5. The Labute approximate surface area is 78.5 Å². The minimum absolute atomic E-state index is 0.216. The van der Waals surface area contributed by atoms with Crippen LogP contribution in [0.5, 0.6) is 0 Å². The third kappa shape index (κ3) is 2.19. The molecule has 2 heterocycles. The first-order valence-electron chi connectivity index (χ1n) is 5.05. The summed E-state index contributed by atoms with van der Waals surface area (Å²) in [5.41, 5.74) is 0. The van der Waals surface area contributed by atoms with Crippen molar-refractivity contribution >= 4 is 5.91 Å². The van der Waals surface area contributed by atoms with Crippen molar-refractivity contribution in [1.82, 2.24) is 16.0 Å². The second kappa shape index (κ2) is 4.07. The fraction of sp³-hybridized carbons (Fsp3) is 0.889. The number of rotatable bonds is 3. The molecule has 0 radical (unpaired) electrons. The lowest BCUT2D eigenvalue weighted by Crippen LogP contribution is -2.49. The highest BCUT2D eigenvalue weighted by molar-refractivity contribution is 5.79. The summed E-state index contributed by atoms with van der Waals surface area (Å²) in [7, 11) is 0. The van der Waals surface area contributed by atoms with Crippen LogP contribution in [0.25, 0.3) is 0 Å². The van der Waals surface area contributed by atoms with Gasteiger partial charge in [0.1, 0.15) is 0 Å².